The lowest BCUT2D eigenvalue weighted by Gasteiger charge is -2.24. The monoisotopic (exact) mass is 324 g/mol. The smallest absolute Gasteiger partial charge is 0.233 e. The molecule has 2 N–H and O–H groups in total. The van der Waals surface area contributed by atoms with Gasteiger partial charge in [-0.3, -0.25) is 4.79 Å². The summed E-state index contributed by atoms with van der Waals surface area (Å²) >= 11 is 1.65. The minimum atomic E-state index is 0.0415. The Bertz CT molecular complexity index is 540. The van der Waals surface area contributed by atoms with Crippen LogP contribution < -0.4 is 14.8 Å². The van der Waals surface area contributed by atoms with E-state index in [2.05, 4.69) is 5.32 Å². The van der Waals surface area contributed by atoms with Gasteiger partial charge in [0.1, 0.15) is 5.37 Å². The van der Waals surface area contributed by atoms with Crippen molar-refractivity contribution >= 4 is 17.7 Å². The molecule has 0 aromatic heterocycles. The standard InChI is InChI=1S/C15H20N2O4S/c18-7-5-16-4-1-6-17-14(19)9-22-15(17)11-2-3-12-13(8-11)21-10-20-12/h2-3,8,15-16,18H,1,4-7,9-10H2. The third kappa shape index (κ3) is 3.31. The van der Waals surface area contributed by atoms with Gasteiger partial charge in [-0.15, -0.1) is 11.8 Å². The van der Waals surface area contributed by atoms with Gasteiger partial charge in [0.25, 0.3) is 0 Å². The highest BCUT2D eigenvalue weighted by atomic mass is 32.2. The van der Waals surface area contributed by atoms with E-state index in [1.165, 1.54) is 0 Å². The summed E-state index contributed by atoms with van der Waals surface area (Å²) in [6.45, 7) is 2.49. The van der Waals surface area contributed by atoms with E-state index in [0.717, 1.165) is 30.0 Å². The van der Waals surface area contributed by atoms with Gasteiger partial charge < -0.3 is 24.8 Å². The van der Waals surface area contributed by atoms with Crippen LogP contribution in [0.15, 0.2) is 18.2 Å². The first kappa shape index (κ1) is 15.5. The number of ether oxygens (including phenoxy) is 2. The zero-order chi connectivity index (χ0) is 15.4. The van der Waals surface area contributed by atoms with Gasteiger partial charge in [0.15, 0.2) is 11.5 Å². The molecule has 120 valence electrons. The normalized spacial score (nSPS) is 20.0. The van der Waals surface area contributed by atoms with Gasteiger partial charge in [0, 0.05) is 13.1 Å². The maximum Gasteiger partial charge on any atom is 0.233 e. The highest BCUT2D eigenvalue weighted by molar-refractivity contribution is 8.00. The van der Waals surface area contributed by atoms with E-state index in [9.17, 15) is 4.79 Å². The van der Waals surface area contributed by atoms with Crippen LogP contribution in [-0.2, 0) is 4.79 Å². The number of hydrogen-bond acceptors (Lipinski definition) is 6. The highest BCUT2D eigenvalue weighted by Gasteiger charge is 2.33. The van der Waals surface area contributed by atoms with Crippen LogP contribution in [0.2, 0.25) is 0 Å². The van der Waals surface area contributed by atoms with Crippen LogP contribution in [-0.4, -0.2) is 54.7 Å². The summed E-state index contributed by atoms with van der Waals surface area (Å²) in [5.41, 5.74) is 1.07. The maximum atomic E-state index is 12.1. The summed E-state index contributed by atoms with van der Waals surface area (Å²) in [7, 11) is 0. The van der Waals surface area contributed by atoms with Crippen LogP contribution in [0.3, 0.4) is 0 Å². The van der Waals surface area contributed by atoms with Crippen molar-refractivity contribution in [2.75, 3.05) is 38.8 Å². The van der Waals surface area contributed by atoms with Crippen LogP contribution in [0.5, 0.6) is 11.5 Å². The number of aliphatic hydroxyl groups excluding tert-OH is 1. The SMILES string of the molecule is O=C1CSC(c2ccc3c(c2)OCO3)N1CCCNCCO. The van der Waals surface area contributed by atoms with E-state index < -0.39 is 0 Å². The van der Waals surface area contributed by atoms with Crippen LogP contribution in [0, 0.1) is 0 Å². The second-order valence-electron chi connectivity index (χ2n) is 5.19. The number of benzene rings is 1. The Balaban J connectivity index is 1.63. The molecular weight excluding hydrogens is 304 g/mol. The van der Waals surface area contributed by atoms with Crippen molar-refractivity contribution in [1.82, 2.24) is 10.2 Å². The fourth-order valence-electron chi connectivity index (χ4n) is 2.62. The van der Waals surface area contributed by atoms with Crippen molar-refractivity contribution in [3.63, 3.8) is 0 Å². The Hall–Kier alpha value is -1.44. The second kappa shape index (κ2) is 7.21. The molecular formula is C15H20N2O4S. The Morgan fingerprint density at radius 2 is 2.18 bits per heavy atom. The lowest BCUT2D eigenvalue weighted by molar-refractivity contribution is -0.128. The summed E-state index contributed by atoms with van der Waals surface area (Å²) in [5, 5.41) is 11.9. The number of fused-ring (bicyclic) bond motifs is 1. The van der Waals surface area contributed by atoms with E-state index in [0.29, 0.717) is 18.8 Å². The van der Waals surface area contributed by atoms with E-state index >= 15 is 0 Å². The molecule has 1 amide bonds. The number of aliphatic hydroxyl groups is 1. The summed E-state index contributed by atoms with van der Waals surface area (Å²) in [6, 6.07) is 5.87. The first-order chi connectivity index (χ1) is 10.8. The second-order valence-corrected chi connectivity index (χ2v) is 6.26. The third-order valence-electron chi connectivity index (χ3n) is 3.69. The molecule has 1 aromatic carbocycles. The van der Waals surface area contributed by atoms with Crippen LogP contribution in [0.25, 0.3) is 0 Å². The molecule has 1 atom stereocenters. The number of carbonyl (C=O) groups is 1. The number of amides is 1. The Morgan fingerprint density at radius 1 is 1.32 bits per heavy atom. The fraction of sp³-hybridized carbons (Fsp3) is 0.533. The largest absolute Gasteiger partial charge is 0.454 e. The highest BCUT2D eigenvalue weighted by Crippen LogP contribution is 2.42. The van der Waals surface area contributed by atoms with Crippen LogP contribution in [0.1, 0.15) is 17.4 Å². The minimum absolute atomic E-state index is 0.0415. The van der Waals surface area contributed by atoms with E-state index in [-0.39, 0.29) is 24.7 Å². The molecule has 1 unspecified atom stereocenters. The predicted octanol–water partition coefficient (Wildman–Crippen LogP) is 0.961. The van der Waals surface area contributed by atoms with Crippen molar-refractivity contribution in [3.05, 3.63) is 23.8 Å². The molecule has 0 spiro atoms. The molecule has 0 bridgehead atoms. The van der Waals surface area contributed by atoms with Gasteiger partial charge in [-0.05, 0) is 30.7 Å². The molecule has 2 heterocycles. The van der Waals surface area contributed by atoms with Crippen LogP contribution >= 0.6 is 11.8 Å². The van der Waals surface area contributed by atoms with E-state index in [1.54, 1.807) is 11.8 Å². The minimum Gasteiger partial charge on any atom is -0.454 e. The number of nitrogens with one attached hydrogen (secondary N) is 1. The molecule has 22 heavy (non-hydrogen) atoms. The Kier molecular flexibility index (Phi) is 5.07. The number of nitrogens with zero attached hydrogens (tertiary/aromatic N) is 1. The van der Waals surface area contributed by atoms with Gasteiger partial charge in [0.2, 0.25) is 12.7 Å². The quantitative estimate of drug-likeness (QED) is 0.728. The fourth-order valence-corrected chi connectivity index (χ4v) is 3.83. The van der Waals surface area contributed by atoms with Crippen molar-refractivity contribution in [3.8, 4) is 11.5 Å². The predicted molar refractivity (Wildman–Crippen MR) is 84.0 cm³/mol. The first-order valence-electron chi connectivity index (χ1n) is 7.42. The molecule has 2 aliphatic heterocycles. The molecule has 1 aromatic rings. The van der Waals surface area contributed by atoms with E-state index in [4.69, 9.17) is 14.6 Å². The van der Waals surface area contributed by atoms with E-state index in [1.807, 2.05) is 23.1 Å². The maximum absolute atomic E-state index is 12.1. The molecule has 0 saturated carbocycles. The zero-order valence-electron chi connectivity index (χ0n) is 12.3. The Morgan fingerprint density at radius 3 is 3.05 bits per heavy atom. The molecule has 0 aliphatic carbocycles. The number of thioether (sulfide) groups is 1. The lowest BCUT2D eigenvalue weighted by Crippen LogP contribution is -2.31. The summed E-state index contributed by atoms with van der Waals surface area (Å²) in [6.07, 6.45) is 0.868. The Labute approximate surface area is 133 Å². The lowest BCUT2D eigenvalue weighted by atomic mass is 10.1. The molecule has 0 radical (unpaired) electrons. The first-order valence-corrected chi connectivity index (χ1v) is 8.46. The molecule has 3 rings (SSSR count). The van der Waals surface area contributed by atoms with Gasteiger partial charge in [0.05, 0.1) is 12.4 Å². The van der Waals surface area contributed by atoms with Gasteiger partial charge in [-0.1, -0.05) is 6.07 Å². The molecule has 6 nitrogen and oxygen atoms in total. The van der Waals surface area contributed by atoms with Crippen molar-refractivity contribution in [2.24, 2.45) is 0 Å². The summed E-state index contributed by atoms with van der Waals surface area (Å²) < 4.78 is 10.7. The molecule has 7 heteroatoms. The molecule has 1 saturated heterocycles. The van der Waals surface area contributed by atoms with Crippen LogP contribution in [0.4, 0.5) is 0 Å². The average Bonchev–Trinajstić information content (AvgIpc) is 3.13. The number of carbonyl (C=O) groups excluding carboxylic acids is 1. The topological polar surface area (TPSA) is 71.0 Å². The molecule has 2 aliphatic rings. The third-order valence-corrected chi connectivity index (χ3v) is 4.95. The summed E-state index contributed by atoms with van der Waals surface area (Å²) in [4.78, 5) is 14.0. The number of hydrogen-bond donors (Lipinski definition) is 2. The van der Waals surface area contributed by atoms with Gasteiger partial charge in [-0.25, -0.2) is 0 Å². The van der Waals surface area contributed by atoms with Gasteiger partial charge in [-0.2, -0.15) is 0 Å². The average molecular weight is 324 g/mol. The van der Waals surface area contributed by atoms with Gasteiger partial charge >= 0.3 is 0 Å². The van der Waals surface area contributed by atoms with Crippen molar-refractivity contribution < 1.29 is 19.4 Å². The molecule has 1 fully saturated rings. The number of rotatable bonds is 7. The summed E-state index contributed by atoms with van der Waals surface area (Å²) in [5.74, 6) is 2.21. The van der Waals surface area contributed by atoms with Crippen molar-refractivity contribution in [2.45, 2.75) is 11.8 Å². The van der Waals surface area contributed by atoms with Crippen molar-refractivity contribution in [1.29, 1.82) is 0 Å². The zero-order valence-corrected chi connectivity index (χ0v) is 13.1.